The fourth-order valence-corrected chi connectivity index (χ4v) is 2.48. The maximum atomic E-state index is 11.2. The SMILES string of the molecule is O=C(O)C1CCCn2c1cnc2-c1cccnc1. The van der Waals surface area contributed by atoms with Crippen molar-refractivity contribution in [3.63, 3.8) is 0 Å². The Labute approximate surface area is 104 Å². The smallest absolute Gasteiger partial charge is 0.312 e. The van der Waals surface area contributed by atoms with Gasteiger partial charge in [0.25, 0.3) is 0 Å². The number of aromatic nitrogens is 3. The van der Waals surface area contributed by atoms with Gasteiger partial charge in [-0.3, -0.25) is 9.78 Å². The Morgan fingerprint density at radius 1 is 1.44 bits per heavy atom. The minimum absolute atomic E-state index is 0.434. The summed E-state index contributed by atoms with van der Waals surface area (Å²) in [6.45, 7) is 0.823. The molecule has 0 bridgehead atoms. The van der Waals surface area contributed by atoms with Gasteiger partial charge in [0.2, 0.25) is 0 Å². The maximum absolute atomic E-state index is 11.2. The topological polar surface area (TPSA) is 68.0 Å². The van der Waals surface area contributed by atoms with E-state index < -0.39 is 11.9 Å². The predicted octanol–water partition coefficient (Wildman–Crippen LogP) is 1.91. The van der Waals surface area contributed by atoms with Crippen LogP contribution in [-0.2, 0) is 11.3 Å². The van der Waals surface area contributed by atoms with Crippen molar-refractivity contribution in [2.45, 2.75) is 25.3 Å². The van der Waals surface area contributed by atoms with E-state index in [-0.39, 0.29) is 0 Å². The first kappa shape index (κ1) is 11.0. The molecule has 2 aromatic heterocycles. The summed E-state index contributed by atoms with van der Waals surface area (Å²) in [5.41, 5.74) is 1.72. The summed E-state index contributed by atoms with van der Waals surface area (Å²) in [5.74, 6) is -0.394. The van der Waals surface area contributed by atoms with Gasteiger partial charge in [0.1, 0.15) is 5.82 Å². The van der Waals surface area contributed by atoms with E-state index in [2.05, 4.69) is 9.97 Å². The Kier molecular flexibility index (Phi) is 2.59. The van der Waals surface area contributed by atoms with Crippen LogP contribution in [0.1, 0.15) is 24.5 Å². The summed E-state index contributed by atoms with van der Waals surface area (Å²) in [5, 5.41) is 9.21. The van der Waals surface area contributed by atoms with Crippen molar-refractivity contribution in [2.24, 2.45) is 0 Å². The summed E-state index contributed by atoms with van der Waals surface area (Å²) in [7, 11) is 0. The van der Waals surface area contributed by atoms with Crippen LogP contribution in [0.25, 0.3) is 11.4 Å². The van der Waals surface area contributed by atoms with E-state index in [0.29, 0.717) is 6.42 Å². The van der Waals surface area contributed by atoms with E-state index in [1.807, 2.05) is 16.7 Å². The molecule has 5 nitrogen and oxygen atoms in total. The van der Waals surface area contributed by atoms with E-state index in [0.717, 1.165) is 30.0 Å². The Balaban J connectivity index is 2.08. The molecule has 0 radical (unpaired) electrons. The van der Waals surface area contributed by atoms with Crippen LogP contribution in [0.3, 0.4) is 0 Å². The second-order valence-corrected chi connectivity index (χ2v) is 4.43. The highest BCUT2D eigenvalue weighted by Gasteiger charge is 2.28. The van der Waals surface area contributed by atoms with Gasteiger partial charge in [0, 0.05) is 30.7 Å². The van der Waals surface area contributed by atoms with Gasteiger partial charge in [-0.05, 0) is 25.0 Å². The van der Waals surface area contributed by atoms with Crippen molar-refractivity contribution >= 4 is 5.97 Å². The fraction of sp³-hybridized carbons (Fsp3) is 0.308. The molecule has 0 fully saturated rings. The van der Waals surface area contributed by atoms with Crippen molar-refractivity contribution in [2.75, 3.05) is 0 Å². The molecule has 3 heterocycles. The van der Waals surface area contributed by atoms with Gasteiger partial charge in [0.15, 0.2) is 0 Å². The van der Waals surface area contributed by atoms with E-state index in [1.165, 1.54) is 0 Å². The second kappa shape index (κ2) is 4.25. The van der Waals surface area contributed by atoms with Gasteiger partial charge in [-0.2, -0.15) is 0 Å². The molecule has 1 atom stereocenters. The molecular weight excluding hydrogens is 230 g/mol. The van der Waals surface area contributed by atoms with Crippen molar-refractivity contribution in [3.8, 4) is 11.4 Å². The summed E-state index contributed by atoms with van der Waals surface area (Å²) in [4.78, 5) is 19.6. The first-order valence-electron chi connectivity index (χ1n) is 5.96. The molecule has 1 N–H and O–H groups in total. The number of hydrogen-bond donors (Lipinski definition) is 1. The van der Waals surface area contributed by atoms with Crippen LogP contribution in [-0.4, -0.2) is 25.6 Å². The van der Waals surface area contributed by atoms with Gasteiger partial charge in [-0.25, -0.2) is 4.98 Å². The minimum Gasteiger partial charge on any atom is -0.481 e. The third-order valence-electron chi connectivity index (χ3n) is 3.34. The van der Waals surface area contributed by atoms with Gasteiger partial charge in [-0.1, -0.05) is 0 Å². The number of pyridine rings is 1. The molecule has 1 unspecified atom stereocenters. The minimum atomic E-state index is -0.770. The maximum Gasteiger partial charge on any atom is 0.312 e. The Bertz CT molecular complexity index is 577. The standard InChI is InChI=1S/C13H13N3O2/c17-13(18)10-4-2-6-16-11(10)8-15-12(16)9-3-1-5-14-7-9/h1,3,5,7-8,10H,2,4,6H2,(H,17,18). The van der Waals surface area contributed by atoms with Crippen LogP contribution in [0.15, 0.2) is 30.7 Å². The highest BCUT2D eigenvalue weighted by molar-refractivity contribution is 5.76. The average molecular weight is 243 g/mol. The number of carboxylic acid groups (broad SMARTS) is 1. The quantitative estimate of drug-likeness (QED) is 0.874. The van der Waals surface area contributed by atoms with E-state index in [4.69, 9.17) is 0 Å². The zero-order chi connectivity index (χ0) is 12.5. The molecule has 1 aliphatic heterocycles. The highest BCUT2D eigenvalue weighted by Crippen LogP contribution is 2.31. The number of imidazole rings is 1. The van der Waals surface area contributed by atoms with Gasteiger partial charge < -0.3 is 9.67 Å². The lowest BCUT2D eigenvalue weighted by molar-refractivity contribution is -0.139. The van der Waals surface area contributed by atoms with Crippen LogP contribution in [0.2, 0.25) is 0 Å². The van der Waals surface area contributed by atoms with Crippen LogP contribution >= 0.6 is 0 Å². The van der Waals surface area contributed by atoms with Gasteiger partial charge in [0.05, 0.1) is 11.6 Å². The van der Waals surface area contributed by atoms with Crippen LogP contribution in [0.4, 0.5) is 0 Å². The van der Waals surface area contributed by atoms with E-state index in [1.54, 1.807) is 18.6 Å². The first-order chi connectivity index (χ1) is 8.77. The number of carboxylic acids is 1. The molecule has 0 saturated carbocycles. The van der Waals surface area contributed by atoms with Gasteiger partial charge in [-0.15, -0.1) is 0 Å². The Morgan fingerprint density at radius 3 is 3.06 bits per heavy atom. The zero-order valence-electron chi connectivity index (χ0n) is 9.78. The molecule has 2 aromatic rings. The monoisotopic (exact) mass is 243 g/mol. The van der Waals surface area contributed by atoms with Crippen molar-refractivity contribution in [1.82, 2.24) is 14.5 Å². The van der Waals surface area contributed by atoms with Crippen LogP contribution in [0, 0.1) is 0 Å². The number of aliphatic carboxylic acids is 1. The molecule has 0 amide bonds. The number of carbonyl (C=O) groups is 1. The summed E-state index contributed by atoms with van der Waals surface area (Å²) in [6, 6.07) is 3.79. The summed E-state index contributed by atoms with van der Waals surface area (Å²) >= 11 is 0. The summed E-state index contributed by atoms with van der Waals surface area (Å²) in [6.07, 6.45) is 6.70. The fourth-order valence-electron chi connectivity index (χ4n) is 2.48. The summed E-state index contributed by atoms with van der Waals surface area (Å²) < 4.78 is 2.00. The normalized spacial score (nSPS) is 18.3. The van der Waals surface area contributed by atoms with E-state index in [9.17, 15) is 9.90 Å². The largest absolute Gasteiger partial charge is 0.481 e. The molecule has 3 rings (SSSR count). The highest BCUT2D eigenvalue weighted by atomic mass is 16.4. The number of nitrogens with zero attached hydrogens (tertiary/aromatic N) is 3. The van der Waals surface area contributed by atoms with Crippen molar-refractivity contribution < 1.29 is 9.90 Å². The Hall–Kier alpha value is -2.17. The van der Waals surface area contributed by atoms with Crippen molar-refractivity contribution in [1.29, 1.82) is 0 Å². The lowest BCUT2D eigenvalue weighted by Gasteiger charge is -2.22. The first-order valence-corrected chi connectivity index (χ1v) is 5.96. The van der Waals surface area contributed by atoms with E-state index >= 15 is 0 Å². The van der Waals surface area contributed by atoms with Crippen LogP contribution < -0.4 is 0 Å². The molecule has 0 spiro atoms. The average Bonchev–Trinajstić information content (AvgIpc) is 2.83. The molecular formula is C13H13N3O2. The predicted molar refractivity (Wildman–Crippen MR) is 65.1 cm³/mol. The third-order valence-corrected chi connectivity index (χ3v) is 3.34. The molecule has 92 valence electrons. The number of fused-ring (bicyclic) bond motifs is 1. The second-order valence-electron chi connectivity index (χ2n) is 4.43. The van der Waals surface area contributed by atoms with Gasteiger partial charge >= 0.3 is 5.97 Å². The molecule has 5 heteroatoms. The lowest BCUT2D eigenvalue weighted by atomic mass is 9.96. The third kappa shape index (κ3) is 1.68. The lowest BCUT2D eigenvalue weighted by Crippen LogP contribution is -2.21. The molecule has 0 saturated heterocycles. The van der Waals surface area contributed by atoms with Crippen molar-refractivity contribution in [3.05, 3.63) is 36.4 Å². The number of rotatable bonds is 2. The molecule has 0 aliphatic carbocycles. The molecule has 0 aromatic carbocycles. The molecule has 18 heavy (non-hydrogen) atoms. The zero-order valence-corrected chi connectivity index (χ0v) is 9.78. The number of hydrogen-bond acceptors (Lipinski definition) is 3. The van der Waals surface area contributed by atoms with Crippen LogP contribution in [0.5, 0.6) is 0 Å². The molecule has 1 aliphatic rings. The Morgan fingerprint density at radius 2 is 2.33 bits per heavy atom.